The van der Waals surface area contributed by atoms with Gasteiger partial charge >= 0.3 is 0 Å². The Morgan fingerprint density at radius 2 is 2.16 bits per heavy atom. The van der Waals surface area contributed by atoms with Crippen molar-refractivity contribution in [3.05, 3.63) is 35.0 Å². The quantitative estimate of drug-likeness (QED) is 0.883. The minimum absolute atomic E-state index is 0.0337. The molecule has 0 spiro atoms. The maximum absolute atomic E-state index is 11.5. The first-order valence-electron chi connectivity index (χ1n) is 6.40. The van der Waals surface area contributed by atoms with E-state index in [1.54, 1.807) is 0 Å². The van der Waals surface area contributed by atoms with E-state index in [0.717, 1.165) is 29.4 Å². The van der Waals surface area contributed by atoms with Gasteiger partial charge in [-0.1, -0.05) is 18.2 Å². The van der Waals surface area contributed by atoms with Crippen LogP contribution in [-0.4, -0.2) is 18.5 Å². The van der Waals surface area contributed by atoms with Crippen LogP contribution in [0.15, 0.2) is 28.7 Å². The van der Waals surface area contributed by atoms with Crippen LogP contribution in [0.1, 0.15) is 18.4 Å². The molecule has 3 rings (SSSR count). The van der Waals surface area contributed by atoms with Crippen molar-refractivity contribution in [1.82, 2.24) is 10.6 Å². The summed E-state index contributed by atoms with van der Waals surface area (Å²) in [6, 6.07) is 8.09. The van der Waals surface area contributed by atoms with Crippen LogP contribution in [-0.2, 0) is 11.3 Å². The van der Waals surface area contributed by atoms with Gasteiger partial charge in [-0.05, 0) is 30.5 Å². The molecule has 1 amide bonds. The van der Waals surface area contributed by atoms with Crippen LogP contribution in [0.5, 0.6) is 0 Å². The molecule has 1 aromatic carbocycles. The average Bonchev–Trinajstić information content (AvgIpc) is 3.14. The molecule has 0 atom stereocenters. The molecule has 100 valence electrons. The van der Waals surface area contributed by atoms with Crippen LogP contribution in [0, 0.1) is 0 Å². The lowest BCUT2D eigenvalue weighted by Gasteiger charge is -2.05. The molecule has 1 aromatic heterocycles. The van der Waals surface area contributed by atoms with Gasteiger partial charge in [-0.25, -0.2) is 0 Å². The highest BCUT2D eigenvalue weighted by Gasteiger charge is 2.22. The van der Waals surface area contributed by atoms with Crippen molar-refractivity contribution in [1.29, 1.82) is 0 Å². The first-order chi connectivity index (χ1) is 9.24. The number of halogens is 1. The van der Waals surface area contributed by atoms with Gasteiger partial charge < -0.3 is 15.1 Å². The minimum Gasteiger partial charge on any atom is -0.444 e. The van der Waals surface area contributed by atoms with Gasteiger partial charge in [0.15, 0.2) is 5.22 Å². The number of hydrogen-bond donors (Lipinski definition) is 2. The summed E-state index contributed by atoms with van der Waals surface area (Å²) in [6.45, 7) is 0.820. The second kappa shape index (κ2) is 5.23. The molecule has 0 unspecified atom stereocenters. The molecule has 2 aromatic rings. The summed E-state index contributed by atoms with van der Waals surface area (Å²) in [5.74, 6) is 0.0337. The van der Waals surface area contributed by atoms with Gasteiger partial charge in [0, 0.05) is 23.5 Å². The smallest absolute Gasteiger partial charge is 0.234 e. The van der Waals surface area contributed by atoms with Gasteiger partial charge in [-0.2, -0.15) is 0 Å². The molecule has 1 saturated carbocycles. The van der Waals surface area contributed by atoms with Gasteiger partial charge in [0.25, 0.3) is 0 Å². The first kappa shape index (κ1) is 12.5. The SMILES string of the molecule is O=C(CNCc1c(Cl)oc2ccccc12)NC1CC1. The Bertz CT molecular complexity index is 605. The van der Waals surface area contributed by atoms with E-state index in [0.29, 0.717) is 24.4 Å². The van der Waals surface area contributed by atoms with Crippen molar-refractivity contribution in [2.75, 3.05) is 6.54 Å². The summed E-state index contributed by atoms with van der Waals surface area (Å²) in [6.07, 6.45) is 2.20. The third-order valence-electron chi connectivity index (χ3n) is 3.18. The third-order valence-corrected chi connectivity index (χ3v) is 3.48. The van der Waals surface area contributed by atoms with Crippen LogP contribution in [0.2, 0.25) is 5.22 Å². The summed E-state index contributed by atoms with van der Waals surface area (Å²) in [4.78, 5) is 11.5. The molecule has 0 aliphatic heterocycles. The van der Waals surface area contributed by atoms with Gasteiger partial charge in [-0.15, -0.1) is 0 Å². The fourth-order valence-electron chi connectivity index (χ4n) is 2.04. The summed E-state index contributed by atoms with van der Waals surface area (Å²) in [5, 5.41) is 7.40. The van der Waals surface area contributed by atoms with Gasteiger partial charge in [0.05, 0.1) is 6.54 Å². The van der Waals surface area contributed by atoms with Crippen LogP contribution in [0.4, 0.5) is 0 Å². The van der Waals surface area contributed by atoms with Crippen molar-refractivity contribution in [3.63, 3.8) is 0 Å². The highest BCUT2D eigenvalue weighted by molar-refractivity contribution is 6.30. The van der Waals surface area contributed by atoms with Crippen molar-refractivity contribution in [3.8, 4) is 0 Å². The molecular formula is C14H15ClN2O2. The molecule has 4 nitrogen and oxygen atoms in total. The number of benzene rings is 1. The van der Waals surface area contributed by atoms with E-state index in [9.17, 15) is 4.79 Å². The zero-order valence-electron chi connectivity index (χ0n) is 10.4. The highest BCUT2D eigenvalue weighted by Crippen LogP contribution is 2.29. The van der Waals surface area contributed by atoms with E-state index in [1.807, 2.05) is 24.3 Å². The van der Waals surface area contributed by atoms with Gasteiger partial charge in [0.1, 0.15) is 5.58 Å². The zero-order chi connectivity index (χ0) is 13.2. The molecule has 0 bridgehead atoms. The van der Waals surface area contributed by atoms with E-state index in [2.05, 4.69) is 10.6 Å². The lowest BCUT2D eigenvalue weighted by Crippen LogP contribution is -2.34. The lowest BCUT2D eigenvalue weighted by atomic mass is 10.2. The number of carbonyl (C=O) groups excluding carboxylic acids is 1. The average molecular weight is 279 g/mol. The topological polar surface area (TPSA) is 54.3 Å². The maximum atomic E-state index is 11.5. The monoisotopic (exact) mass is 278 g/mol. The first-order valence-corrected chi connectivity index (χ1v) is 6.78. The Morgan fingerprint density at radius 1 is 1.37 bits per heavy atom. The minimum atomic E-state index is 0.0337. The van der Waals surface area contributed by atoms with Crippen LogP contribution in [0.25, 0.3) is 11.0 Å². The fraction of sp³-hybridized carbons (Fsp3) is 0.357. The Balaban J connectivity index is 1.61. The molecule has 2 N–H and O–H groups in total. The summed E-state index contributed by atoms with van der Waals surface area (Å²) in [7, 11) is 0. The van der Waals surface area contributed by atoms with Gasteiger partial charge in [0.2, 0.25) is 5.91 Å². The van der Waals surface area contributed by atoms with E-state index < -0.39 is 0 Å². The Kier molecular flexibility index (Phi) is 3.44. The Morgan fingerprint density at radius 3 is 2.95 bits per heavy atom. The molecule has 1 heterocycles. The van der Waals surface area contributed by atoms with Crippen molar-refractivity contribution < 1.29 is 9.21 Å². The van der Waals surface area contributed by atoms with Crippen LogP contribution < -0.4 is 10.6 Å². The second-order valence-electron chi connectivity index (χ2n) is 4.80. The largest absolute Gasteiger partial charge is 0.444 e. The molecular weight excluding hydrogens is 264 g/mol. The van der Waals surface area contributed by atoms with Gasteiger partial charge in [-0.3, -0.25) is 4.79 Å². The second-order valence-corrected chi connectivity index (χ2v) is 5.14. The fourth-order valence-corrected chi connectivity index (χ4v) is 2.29. The zero-order valence-corrected chi connectivity index (χ0v) is 11.2. The van der Waals surface area contributed by atoms with Crippen molar-refractivity contribution in [2.24, 2.45) is 0 Å². The van der Waals surface area contributed by atoms with Crippen molar-refractivity contribution >= 4 is 28.5 Å². The molecule has 5 heteroatoms. The molecule has 1 aliphatic carbocycles. The summed E-state index contributed by atoms with van der Waals surface area (Å²) >= 11 is 6.07. The molecule has 1 aliphatic rings. The molecule has 0 radical (unpaired) electrons. The molecule has 1 fully saturated rings. The number of carbonyl (C=O) groups is 1. The number of furan rings is 1. The predicted molar refractivity (Wildman–Crippen MR) is 74.1 cm³/mol. The number of para-hydroxylation sites is 1. The summed E-state index contributed by atoms with van der Waals surface area (Å²) in [5.41, 5.74) is 1.67. The lowest BCUT2D eigenvalue weighted by molar-refractivity contribution is -0.120. The number of amides is 1. The van der Waals surface area contributed by atoms with Crippen LogP contribution in [0.3, 0.4) is 0 Å². The van der Waals surface area contributed by atoms with E-state index >= 15 is 0 Å². The number of rotatable bonds is 5. The van der Waals surface area contributed by atoms with E-state index in [1.165, 1.54) is 0 Å². The third kappa shape index (κ3) is 2.91. The number of fused-ring (bicyclic) bond motifs is 1. The van der Waals surface area contributed by atoms with E-state index in [4.69, 9.17) is 16.0 Å². The Labute approximate surface area is 116 Å². The Hall–Kier alpha value is -1.52. The molecule has 0 saturated heterocycles. The normalized spacial score (nSPS) is 14.8. The number of hydrogen-bond acceptors (Lipinski definition) is 3. The van der Waals surface area contributed by atoms with Crippen molar-refractivity contribution in [2.45, 2.75) is 25.4 Å². The maximum Gasteiger partial charge on any atom is 0.234 e. The van der Waals surface area contributed by atoms with E-state index in [-0.39, 0.29) is 5.91 Å². The van der Waals surface area contributed by atoms with Crippen LogP contribution >= 0.6 is 11.6 Å². The highest BCUT2D eigenvalue weighted by atomic mass is 35.5. The predicted octanol–water partition coefficient (Wildman–Crippen LogP) is 2.45. The summed E-state index contributed by atoms with van der Waals surface area (Å²) < 4.78 is 5.46. The number of nitrogens with one attached hydrogen (secondary N) is 2. The molecule has 19 heavy (non-hydrogen) atoms. The standard InChI is InChI=1S/C14H15ClN2O2/c15-14-11(10-3-1-2-4-12(10)19-14)7-16-8-13(18)17-9-5-6-9/h1-4,9,16H,5-8H2,(H,17,18).